The largest absolute Gasteiger partial charge is 0.464 e. The van der Waals surface area contributed by atoms with Gasteiger partial charge in [-0.15, -0.1) is 4.99 Å². The predicted molar refractivity (Wildman–Crippen MR) is 117 cm³/mol. The van der Waals surface area contributed by atoms with Gasteiger partial charge in [-0.1, -0.05) is 6.07 Å². The molecule has 29 heavy (non-hydrogen) atoms. The smallest absolute Gasteiger partial charge is 0.251 e. The Balaban J connectivity index is 1.78. The quantitative estimate of drug-likeness (QED) is 0.280. The summed E-state index contributed by atoms with van der Waals surface area (Å²) in [6.45, 7) is 1.33. The Hall–Kier alpha value is -2.96. The fourth-order valence-corrected chi connectivity index (χ4v) is 3.27. The molecular formula is C20H26N6O2S. The van der Waals surface area contributed by atoms with Gasteiger partial charge in [0.1, 0.15) is 11.5 Å². The van der Waals surface area contributed by atoms with E-state index in [1.165, 1.54) is 0 Å². The van der Waals surface area contributed by atoms with Gasteiger partial charge in [-0.25, -0.2) is 0 Å². The number of aliphatic imine (C=N–C) groups is 1. The van der Waals surface area contributed by atoms with Gasteiger partial charge in [-0.3, -0.25) is 4.79 Å². The van der Waals surface area contributed by atoms with Crippen LogP contribution in [0, 0.1) is 11.5 Å². The molecule has 0 atom stereocenters. The van der Waals surface area contributed by atoms with Crippen LogP contribution in [-0.2, 0) is 12.3 Å². The molecule has 0 radical (unpaired) electrons. The number of thioether (sulfide) groups is 1. The van der Waals surface area contributed by atoms with E-state index >= 15 is 0 Å². The molecule has 0 spiro atoms. The Kier molecular flexibility index (Phi) is 8.58. The monoisotopic (exact) mass is 414 g/mol. The number of guanidine groups is 1. The minimum atomic E-state index is -0.164. The van der Waals surface area contributed by atoms with Crippen molar-refractivity contribution in [2.45, 2.75) is 12.3 Å². The van der Waals surface area contributed by atoms with Crippen LogP contribution in [0.2, 0.25) is 0 Å². The highest BCUT2D eigenvalue weighted by Gasteiger charge is 2.10. The number of nitrogens with zero attached hydrogens (tertiary/aromatic N) is 4. The standard InChI is InChI=1S/C20H26N6O2S/c1-25(2)12-17-7-8-18(28-17)13-29-10-9-23-19(27)15-5-4-6-16(11-15)26(3)20(22)24-14-21/h4-8,11H,9-10,12-13H2,1-3H3,(H2,22,24)(H,23,27). The van der Waals surface area contributed by atoms with Crippen LogP contribution in [0.3, 0.4) is 0 Å². The summed E-state index contributed by atoms with van der Waals surface area (Å²) in [6.07, 6.45) is 1.65. The number of anilines is 1. The SMILES string of the molecule is CN(C)Cc1ccc(CSCCNC(=O)c2cccc(N(C)C(N)=NC#N)c2)o1. The zero-order valence-corrected chi connectivity index (χ0v) is 17.7. The van der Waals surface area contributed by atoms with E-state index < -0.39 is 0 Å². The van der Waals surface area contributed by atoms with Crippen molar-refractivity contribution in [2.75, 3.05) is 38.3 Å². The van der Waals surface area contributed by atoms with Crippen LogP contribution >= 0.6 is 11.8 Å². The maximum Gasteiger partial charge on any atom is 0.251 e. The first kappa shape index (κ1) is 22.3. The number of carbonyl (C=O) groups is 1. The predicted octanol–water partition coefficient (Wildman–Crippen LogP) is 2.24. The molecule has 0 bridgehead atoms. The van der Waals surface area contributed by atoms with Crippen LogP contribution in [0.4, 0.5) is 5.69 Å². The third-order valence-electron chi connectivity index (χ3n) is 3.97. The number of rotatable bonds is 9. The summed E-state index contributed by atoms with van der Waals surface area (Å²) in [5.74, 6) is 3.32. The lowest BCUT2D eigenvalue weighted by Crippen LogP contribution is -2.34. The van der Waals surface area contributed by atoms with Gasteiger partial charge < -0.3 is 25.3 Å². The molecule has 3 N–H and O–H groups in total. The van der Waals surface area contributed by atoms with Crippen molar-refractivity contribution in [2.24, 2.45) is 10.7 Å². The molecule has 0 saturated heterocycles. The molecule has 0 unspecified atom stereocenters. The number of benzene rings is 1. The lowest BCUT2D eigenvalue weighted by Gasteiger charge is -2.17. The first-order valence-corrected chi connectivity index (χ1v) is 10.2. The van der Waals surface area contributed by atoms with E-state index in [4.69, 9.17) is 15.4 Å². The van der Waals surface area contributed by atoms with Crippen LogP contribution < -0.4 is 16.0 Å². The van der Waals surface area contributed by atoms with Crippen LogP contribution in [0.25, 0.3) is 0 Å². The van der Waals surface area contributed by atoms with E-state index in [2.05, 4.69) is 15.2 Å². The number of hydrogen-bond acceptors (Lipinski definition) is 6. The number of hydrogen-bond donors (Lipinski definition) is 2. The lowest BCUT2D eigenvalue weighted by atomic mass is 10.2. The van der Waals surface area contributed by atoms with E-state index in [-0.39, 0.29) is 11.9 Å². The average Bonchev–Trinajstić information content (AvgIpc) is 3.13. The molecule has 0 fully saturated rings. The maximum absolute atomic E-state index is 12.4. The van der Waals surface area contributed by atoms with Crippen molar-refractivity contribution in [3.8, 4) is 6.19 Å². The van der Waals surface area contributed by atoms with Crippen LogP contribution in [0.5, 0.6) is 0 Å². The molecule has 8 nitrogen and oxygen atoms in total. The van der Waals surface area contributed by atoms with Crippen LogP contribution in [0.15, 0.2) is 45.8 Å². The summed E-state index contributed by atoms with van der Waals surface area (Å²) in [4.78, 5) is 19.5. The Bertz CT molecular complexity index is 887. The molecule has 0 aliphatic heterocycles. The van der Waals surface area contributed by atoms with Gasteiger partial charge in [0.2, 0.25) is 12.2 Å². The normalized spacial score (nSPS) is 11.3. The first-order chi connectivity index (χ1) is 13.9. The number of amides is 1. The molecule has 2 aromatic rings. The Morgan fingerprint density at radius 1 is 1.28 bits per heavy atom. The van der Waals surface area contributed by atoms with Gasteiger partial charge in [0.25, 0.3) is 5.91 Å². The zero-order chi connectivity index (χ0) is 21.2. The summed E-state index contributed by atoms with van der Waals surface area (Å²) in [7, 11) is 5.69. The van der Waals surface area contributed by atoms with Gasteiger partial charge >= 0.3 is 0 Å². The fraction of sp³-hybridized carbons (Fsp3) is 0.350. The molecular weight excluding hydrogens is 388 g/mol. The fourth-order valence-electron chi connectivity index (χ4n) is 2.52. The van der Waals surface area contributed by atoms with Crippen molar-refractivity contribution < 1.29 is 9.21 Å². The van der Waals surface area contributed by atoms with E-state index in [1.54, 1.807) is 54.2 Å². The number of nitriles is 1. The van der Waals surface area contributed by atoms with Crippen molar-refractivity contribution in [1.29, 1.82) is 5.26 Å². The molecule has 1 aromatic carbocycles. The van der Waals surface area contributed by atoms with E-state index in [0.717, 1.165) is 29.6 Å². The van der Waals surface area contributed by atoms with E-state index in [0.29, 0.717) is 17.8 Å². The van der Waals surface area contributed by atoms with E-state index in [9.17, 15) is 4.79 Å². The number of furan rings is 1. The van der Waals surface area contributed by atoms with Crippen molar-refractivity contribution >= 4 is 29.3 Å². The molecule has 1 amide bonds. The third kappa shape index (κ3) is 7.18. The Morgan fingerprint density at radius 2 is 2.03 bits per heavy atom. The molecule has 9 heteroatoms. The first-order valence-electron chi connectivity index (χ1n) is 9.05. The van der Waals surface area contributed by atoms with Crippen molar-refractivity contribution in [1.82, 2.24) is 10.2 Å². The second-order valence-corrected chi connectivity index (χ2v) is 7.70. The minimum absolute atomic E-state index is 0.0631. The Labute approximate surface area is 175 Å². The molecule has 0 saturated carbocycles. The van der Waals surface area contributed by atoms with Gasteiger partial charge in [0.15, 0.2) is 0 Å². The summed E-state index contributed by atoms with van der Waals surface area (Å²) >= 11 is 1.70. The second-order valence-electron chi connectivity index (χ2n) is 6.59. The molecule has 1 aromatic heterocycles. The molecule has 154 valence electrons. The average molecular weight is 415 g/mol. The van der Waals surface area contributed by atoms with Crippen molar-refractivity contribution in [3.63, 3.8) is 0 Å². The molecule has 0 aliphatic rings. The van der Waals surface area contributed by atoms with Gasteiger partial charge in [-0.05, 0) is 44.4 Å². The molecule has 0 aliphatic carbocycles. The summed E-state index contributed by atoms with van der Waals surface area (Å²) in [5.41, 5.74) is 6.91. The zero-order valence-electron chi connectivity index (χ0n) is 16.9. The highest BCUT2D eigenvalue weighted by Crippen LogP contribution is 2.17. The maximum atomic E-state index is 12.4. The summed E-state index contributed by atoms with van der Waals surface area (Å²) in [5, 5.41) is 11.5. The summed E-state index contributed by atoms with van der Waals surface area (Å²) in [6, 6.07) is 11.0. The van der Waals surface area contributed by atoms with E-state index in [1.807, 2.05) is 26.2 Å². The van der Waals surface area contributed by atoms with Gasteiger partial charge in [0.05, 0.1) is 12.3 Å². The number of nitrogens with two attached hydrogens (primary N) is 1. The van der Waals surface area contributed by atoms with Gasteiger partial charge in [0, 0.05) is 30.6 Å². The number of carbonyl (C=O) groups excluding carboxylic acids is 1. The van der Waals surface area contributed by atoms with Crippen LogP contribution in [0.1, 0.15) is 21.9 Å². The summed E-state index contributed by atoms with van der Waals surface area (Å²) < 4.78 is 5.77. The second kappa shape index (κ2) is 11.1. The molecule has 1 heterocycles. The topological polar surface area (TPSA) is 111 Å². The lowest BCUT2D eigenvalue weighted by molar-refractivity contribution is 0.0956. The number of nitrogens with one attached hydrogen (secondary N) is 1. The van der Waals surface area contributed by atoms with Gasteiger partial charge in [-0.2, -0.15) is 17.0 Å². The van der Waals surface area contributed by atoms with Crippen LogP contribution in [-0.4, -0.2) is 50.2 Å². The highest BCUT2D eigenvalue weighted by molar-refractivity contribution is 7.98. The Morgan fingerprint density at radius 3 is 2.76 bits per heavy atom. The minimum Gasteiger partial charge on any atom is -0.464 e. The van der Waals surface area contributed by atoms with Crippen molar-refractivity contribution in [3.05, 3.63) is 53.5 Å². The third-order valence-corrected chi connectivity index (χ3v) is 4.95. The molecule has 2 rings (SSSR count). The highest BCUT2D eigenvalue weighted by atomic mass is 32.2.